The van der Waals surface area contributed by atoms with E-state index in [4.69, 9.17) is 9.05 Å². The second kappa shape index (κ2) is 12.6. The molecule has 35 heavy (non-hydrogen) atoms. The van der Waals surface area contributed by atoms with Crippen molar-refractivity contribution in [2.75, 3.05) is 27.7 Å². The lowest BCUT2D eigenvalue weighted by atomic mass is 9.54. The highest BCUT2D eigenvalue weighted by molar-refractivity contribution is 7.45. The molecule has 0 aliphatic heterocycles. The molecule has 0 aromatic heterocycles. The Morgan fingerprint density at radius 2 is 1.43 bits per heavy atom. The molecule has 0 radical (unpaired) electrons. The first-order valence-electron chi connectivity index (χ1n) is 14.9. The summed E-state index contributed by atoms with van der Waals surface area (Å²) in [7, 11) is 2.09. The number of nitrogens with zero attached hydrogens (tertiary/aromatic N) is 1. The monoisotopic (exact) mass is 509 g/mol. The maximum atomic E-state index is 12.3. The van der Waals surface area contributed by atoms with Crippen molar-refractivity contribution in [3.05, 3.63) is 11.6 Å². The molecule has 5 rings (SSSR count). The van der Waals surface area contributed by atoms with E-state index >= 15 is 0 Å². The van der Waals surface area contributed by atoms with Gasteiger partial charge in [-0.05, 0) is 87.9 Å². The van der Waals surface area contributed by atoms with Crippen LogP contribution in [0.1, 0.15) is 109 Å². The van der Waals surface area contributed by atoms with Crippen molar-refractivity contribution in [2.24, 2.45) is 23.7 Å². The van der Waals surface area contributed by atoms with Gasteiger partial charge in [0.05, 0.1) is 27.7 Å². The lowest BCUT2D eigenvalue weighted by Crippen LogP contribution is -2.49. The van der Waals surface area contributed by atoms with Gasteiger partial charge in [-0.15, -0.1) is 0 Å². The molecule has 5 aliphatic carbocycles. The molecule has 1 unspecified atom stereocenters. The first-order chi connectivity index (χ1) is 16.7. The third-order valence-electron chi connectivity index (χ3n) is 9.49. The van der Waals surface area contributed by atoms with Crippen LogP contribution < -0.4 is 4.89 Å². The fourth-order valence-corrected chi connectivity index (χ4v) is 8.92. The molecule has 0 saturated heterocycles. The SMILES string of the molecule is C[N+](C)(C)[C@@H]1CCC[C@H]1OP(=O)([O-])OCCCCCCCCCCC=C1C2CC3CC(C2)CC1C3. The molecule has 5 saturated carbocycles. The summed E-state index contributed by atoms with van der Waals surface area (Å²) in [6, 6.07) is 0.218. The highest BCUT2D eigenvalue weighted by atomic mass is 31.2. The van der Waals surface area contributed by atoms with E-state index in [1.54, 1.807) is 6.42 Å². The normalized spacial score (nSPS) is 33.9. The van der Waals surface area contributed by atoms with E-state index in [0.29, 0.717) is 0 Å². The fraction of sp³-hybridized carbons (Fsp3) is 0.931. The Morgan fingerprint density at radius 1 is 0.857 bits per heavy atom. The zero-order valence-corrected chi connectivity index (χ0v) is 23.7. The predicted molar refractivity (Wildman–Crippen MR) is 141 cm³/mol. The van der Waals surface area contributed by atoms with E-state index < -0.39 is 7.82 Å². The van der Waals surface area contributed by atoms with E-state index in [9.17, 15) is 9.46 Å². The number of hydrogen-bond donors (Lipinski definition) is 0. The summed E-state index contributed by atoms with van der Waals surface area (Å²) in [5.41, 5.74) is 1.86. The minimum absolute atomic E-state index is 0.218. The van der Waals surface area contributed by atoms with Gasteiger partial charge in [-0.1, -0.05) is 50.2 Å². The van der Waals surface area contributed by atoms with Crippen LogP contribution in [0.15, 0.2) is 11.6 Å². The summed E-state index contributed by atoms with van der Waals surface area (Å²) in [6.07, 6.45) is 23.6. The average Bonchev–Trinajstić information content (AvgIpc) is 3.23. The largest absolute Gasteiger partial charge is 0.756 e. The van der Waals surface area contributed by atoms with Crippen LogP contribution in [0.25, 0.3) is 0 Å². The van der Waals surface area contributed by atoms with Crippen molar-refractivity contribution in [3.8, 4) is 0 Å². The Morgan fingerprint density at radius 3 is 2.03 bits per heavy atom. The molecule has 5 aliphatic rings. The number of rotatable bonds is 15. The van der Waals surface area contributed by atoms with Crippen LogP contribution in [0.4, 0.5) is 0 Å². The standard InChI is InChI=1S/C29H52NO4P/c1-30(2,3)28-15-13-16-29(28)34-35(31,32)33-17-12-10-8-6-4-5-7-9-11-14-27-25-19-23-18-24(21-25)22-26(27)20-23/h14,23-26,28-29H,4-13,15-22H2,1-3H3/t23?,24?,25?,26?,28-,29-/m1/s1. The first-order valence-corrected chi connectivity index (χ1v) is 16.3. The van der Waals surface area contributed by atoms with Crippen LogP contribution in [0.2, 0.25) is 0 Å². The van der Waals surface area contributed by atoms with Gasteiger partial charge in [-0.3, -0.25) is 4.57 Å². The molecule has 0 aromatic carbocycles. The first kappa shape index (κ1) is 27.8. The molecule has 0 spiro atoms. The van der Waals surface area contributed by atoms with Crippen LogP contribution in [-0.2, 0) is 13.6 Å². The Hall–Kier alpha value is -0.190. The quantitative estimate of drug-likeness (QED) is 0.103. The molecule has 5 nitrogen and oxygen atoms in total. The van der Waals surface area contributed by atoms with Crippen molar-refractivity contribution >= 4 is 7.82 Å². The summed E-state index contributed by atoms with van der Waals surface area (Å²) in [4.78, 5) is 12.3. The van der Waals surface area contributed by atoms with E-state index in [1.807, 2.05) is 5.57 Å². The van der Waals surface area contributed by atoms with E-state index in [2.05, 4.69) is 27.2 Å². The van der Waals surface area contributed by atoms with Crippen molar-refractivity contribution in [1.29, 1.82) is 0 Å². The molecule has 4 bridgehead atoms. The number of hydrogen-bond acceptors (Lipinski definition) is 4. The van der Waals surface area contributed by atoms with E-state index in [-0.39, 0.29) is 18.8 Å². The van der Waals surface area contributed by atoms with E-state index in [1.165, 1.54) is 64.2 Å². The third-order valence-corrected chi connectivity index (χ3v) is 10.5. The minimum atomic E-state index is -4.21. The topological polar surface area (TPSA) is 58.6 Å². The highest BCUT2D eigenvalue weighted by Crippen LogP contribution is 2.56. The number of quaternary nitrogens is 1. The molecule has 0 aromatic rings. The molecule has 5 fully saturated rings. The summed E-state index contributed by atoms with van der Waals surface area (Å²) in [5, 5.41) is 0. The lowest BCUT2D eigenvalue weighted by molar-refractivity contribution is -0.898. The van der Waals surface area contributed by atoms with E-state index in [0.717, 1.165) is 66.7 Å². The summed E-state index contributed by atoms with van der Waals surface area (Å²) in [5.74, 6) is 4.05. The highest BCUT2D eigenvalue weighted by Gasteiger charge is 2.44. The minimum Gasteiger partial charge on any atom is -0.756 e. The van der Waals surface area contributed by atoms with Crippen LogP contribution in [0.3, 0.4) is 0 Å². The van der Waals surface area contributed by atoms with Gasteiger partial charge < -0.3 is 18.4 Å². The van der Waals surface area contributed by atoms with Gasteiger partial charge in [-0.25, -0.2) is 0 Å². The molecule has 3 atom stereocenters. The van der Waals surface area contributed by atoms with Crippen molar-refractivity contribution in [1.82, 2.24) is 0 Å². The number of allylic oxidation sites excluding steroid dienone is 2. The van der Waals surface area contributed by atoms with Crippen molar-refractivity contribution in [3.63, 3.8) is 0 Å². The number of phosphoric acid groups is 1. The maximum Gasteiger partial charge on any atom is 0.268 e. The van der Waals surface area contributed by atoms with Gasteiger partial charge in [0.2, 0.25) is 0 Å². The van der Waals surface area contributed by atoms with Crippen molar-refractivity contribution < 1.29 is 23.0 Å². The average molecular weight is 510 g/mol. The van der Waals surface area contributed by atoms with Gasteiger partial charge in [0.15, 0.2) is 0 Å². The van der Waals surface area contributed by atoms with Crippen LogP contribution in [0, 0.1) is 23.7 Å². The number of unbranched alkanes of at least 4 members (excludes halogenated alkanes) is 8. The Kier molecular flexibility index (Phi) is 10.00. The summed E-state index contributed by atoms with van der Waals surface area (Å²) >= 11 is 0. The number of likely N-dealkylation sites (N-methyl/N-ethyl adjacent to an activating group) is 1. The summed E-state index contributed by atoms with van der Waals surface area (Å²) in [6.45, 7) is 0.251. The second-order valence-electron chi connectivity index (χ2n) is 13.2. The van der Waals surface area contributed by atoms with Gasteiger partial charge >= 0.3 is 0 Å². The zero-order chi connectivity index (χ0) is 24.9. The molecule has 0 N–H and O–H groups in total. The molecule has 0 amide bonds. The molecule has 0 heterocycles. The van der Waals surface area contributed by atoms with Gasteiger partial charge in [0.25, 0.3) is 7.82 Å². The molecule has 6 heteroatoms. The maximum absolute atomic E-state index is 12.3. The fourth-order valence-electron chi connectivity index (χ4n) is 7.93. The van der Waals surface area contributed by atoms with Crippen LogP contribution in [0.5, 0.6) is 0 Å². The summed E-state index contributed by atoms with van der Waals surface area (Å²) < 4.78 is 23.6. The Balaban J connectivity index is 0.978. The number of phosphoric ester groups is 1. The van der Waals surface area contributed by atoms with Crippen LogP contribution >= 0.6 is 7.82 Å². The molecule has 202 valence electrons. The van der Waals surface area contributed by atoms with Gasteiger partial charge in [0.1, 0.15) is 12.1 Å². The second-order valence-corrected chi connectivity index (χ2v) is 14.5. The predicted octanol–water partition coefficient (Wildman–Crippen LogP) is 7.01. The lowest BCUT2D eigenvalue weighted by Gasteiger charge is -2.51. The smallest absolute Gasteiger partial charge is 0.268 e. The Bertz CT molecular complexity index is 715. The molecular weight excluding hydrogens is 457 g/mol. The zero-order valence-electron chi connectivity index (χ0n) is 22.8. The van der Waals surface area contributed by atoms with Gasteiger partial charge in [-0.2, -0.15) is 0 Å². The van der Waals surface area contributed by atoms with Crippen molar-refractivity contribution in [2.45, 2.75) is 121 Å². The van der Waals surface area contributed by atoms with Crippen LogP contribution in [-0.4, -0.2) is 44.4 Å². The van der Waals surface area contributed by atoms with Gasteiger partial charge in [0, 0.05) is 6.42 Å². The Labute approximate surface area is 215 Å². The third kappa shape index (κ3) is 8.14. The molecular formula is C29H52NO4P.